The van der Waals surface area contributed by atoms with Gasteiger partial charge in [0, 0.05) is 31.2 Å². The number of carbonyl (C=O) groups is 1. The van der Waals surface area contributed by atoms with Crippen LogP contribution in [0.5, 0.6) is 0 Å². The standard InChI is InChI=1S/C22H17FN6O/c1-28-18-5-3-2-4-16(18)26-19(28)12-25-22(30)17-13-29-11-10-24-20(21(29)27-17)14-6-8-15(23)9-7-14/h2-11,13H,12H2,1H3,(H,25,30). The van der Waals surface area contributed by atoms with Crippen LogP contribution in [0.3, 0.4) is 0 Å². The summed E-state index contributed by atoms with van der Waals surface area (Å²) in [7, 11) is 1.92. The highest BCUT2D eigenvalue weighted by atomic mass is 19.1. The number of amides is 1. The molecule has 0 unspecified atom stereocenters. The lowest BCUT2D eigenvalue weighted by Gasteiger charge is -2.04. The van der Waals surface area contributed by atoms with Crippen LogP contribution in [0.2, 0.25) is 0 Å². The average molecular weight is 400 g/mol. The van der Waals surface area contributed by atoms with E-state index in [4.69, 9.17) is 0 Å². The van der Waals surface area contributed by atoms with Crippen molar-refractivity contribution in [3.63, 3.8) is 0 Å². The molecule has 3 heterocycles. The topological polar surface area (TPSA) is 77.1 Å². The fraction of sp³-hybridized carbons (Fsp3) is 0.0909. The fourth-order valence-electron chi connectivity index (χ4n) is 3.44. The van der Waals surface area contributed by atoms with Crippen molar-refractivity contribution in [2.45, 2.75) is 6.54 Å². The van der Waals surface area contributed by atoms with E-state index in [1.165, 1.54) is 12.1 Å². The molecule has 5 aromatic rings. The summed E-state index contributed by atoms with van der Waals surface area (Å²) in [5.74, 6) is 0.119. The number of aromatic nitrogens is 5. The first kappa shape index (κ1) is 18.0. The Kier molecular flexibility index (Phi) is 4.24. The highest BCUT2D eigenvalue weighted by Gasteiger charge is 2.16. The summed E-state index contributed by atoms with van der Waals surface area (Å²) in [5, 5.41) is 2.88. The number of halogens is 1. The second-order valence-electron chi connectivity index (χ2n) is 6.90. The predicted molar refractivity (Wildman–Crippen MR) is 110 cm³/mol. The van der Waals surface area contributed by atoms with E-state index in [1.807, 2.05) is 35.9 Å². The monoisotopic (exact) mass is 400 g/mol. The number of rotatable bonds is 4. The first-order chi connectivity index (χ1) is 14.6. The van der Waals surface area contributed by atoms with Crippen LogP contribution in [0.1, 0.15) is 16.3 Å². The van der Waals surface area contributed by atoms with Crippen molar-refractivity contribution in [2.75, 3.05) is 0 Å². The fourth-order valence-corrected chi connectivity index (χ4v) is 3.44. The Bertz CT molecular complexity index is 1390. The maximum Gasteiger partial charge on any atom is 0.271 e. The molecule has 0 atom stereocenters. The molecule has 0 radical (unpaired) electrons. The van der Waals surface area contributed by atoms with Gasteiger partial charge in [0.05, 0.1) is 17.6 Å². The third kappa shape index (κ3) is 3.08. The van der Waals surface area contributed by atoms with E-state index in [0.29, 0.717) is 11.3 Å². The summed E-state index contributed by atoms with van der Waals surface area (Å²) < 4.78 is 16.9. The number of nitrogens with zero attached hydrogens (tertiary/aromatic N) is 5. The summed E-state index contributed by atoms with van der Waals surface area (Å²) in [6, 6.07) is 13.8. The number of hydrogen-bond donors (Lipinski definition) is 1. The van der Waals surface area contributed by atoms with Gasteiger partial charge in [0.1, 0.15) is 23.0 Å². The molecule has 0 spiro atoms. The zero-order chi connectivity index (χ0) is 20.7. The van der Waals surface area contributed by atoms with Gasteiger partial charge in [-0.15, -0.1) is 0 Å². The number of carbonyl (C=O) groups excluding carboxylic acids is 1. The number of nitrogens with one attached hydrogen (secondary N) is 1. The van der Waals surface area contributed by atoms with Gasteiger partial charge in [-0.05, 0) is 36.4 Å². The van der Waals surface area contributed by atoms with E-state index in [1.54, 1.807) is 35.1 Å². The van der Waals surface area contributed by atoms with Crippen molar-refractivity contribution >= 4 is 22.6 Å². The number of aryl methyl sites for hydroxylation is 1. The summed E-state index contributed by atoms with van der Waals surface area (Å²) in [6.45, 7) is 0.279. The van der Waals surface area contributed by atoms with Crippen molar-refractivity contribution in [2.24, 2.45) is 7.05 Å². The maximum atomic E-state index is 13.2. The Hall–Kier alpha value is -4.07. The van der Waals surface area contributed by atoms with Crippen molar-refractivity contribution < 1.29 is 9.18 Å². The Morgan fingerprint density at radius 3 is 2.70 bits per heavy atom. The molecular formula is C22H17FN6O. The lowest BCUT2D eigenvalue weighted by molar-refractivity contribution is 0.0945. The molecule has 1 N–H and O–H groups in total. The normalized spacial score (nSPS) is 11.3. The van der Waals surface area contributed by atoms with E-state index in [9.17, 15) is 9.18 Å². The zero-order valence-electron chi connectivity index (χ0n) is 16.1. The number of para-hydroxylation sites is 2. The first-order valence-electron chi connectivity index (χ1n) is 9.38. The van der Waals surface area contributed by atoms with Gasteiger partial charge in [-0.2, -0.15) is 0 Å². The van der Waals surface area contributed by atoms with E-state index >= 15 is 0 Å². The molecule has 0 aliphatic heterocycles. The van der Waals surface area contributed by atoms with Crippen LogP contribution in [-0.4, -0.2) is 29.8 Å². The predicted octanol–water partition coefficient (Wildman–Crippen LogP) is 3.35. The van der Waals surface area contributed by atoms with E-state index in [-0.39, 0.29) is 24.0 Å². The first-order valence-corrected chi connectivity index (χ1v) is 9.38. The SMILES string of the molecule is Cn1c(CNC(=O)c2cn3ccnc(-c4ccc(F)cc4)c3n2)nc2ccccc21. The summed E-state index contributed by atoms with van der Waals surface area (Å²) in [6.07, 6.45) is 4.99. The minimum Gasteiger partial charge on any atom is -0.343 e. The Balaban J connectivity index is 1.41. The minimum atomic E-state index is -0.323. The van der Waals surface area contributed by atoms with Gasteiger partial charge in [-0.1, -0.05) is 12.1 Å². The van der Waals surface area contributed by atoms with Crippen LogP contribution in [0.15, 0.2) is 67.1 Å². The zero-order valence-corrected chi connectivity index (χ0v) is 16.1. The second kappa shape index (κ2) is 7.07. The summed E-state index contributed by atoms with van der Waals surface area (Å²) in [5.41, 5.74) is 3.98. The Morgan fingerprint density at radius 2 is 1.90 bits per heavy atom. The molecule has 0 fully saturated rings. The average Bonchev–Trinajstić information content (AvgIpc) is 3.34. The summed E-state index contributed by atoms with van der Waals surface area (Å²) in [4.78, 5) is 26.1. The van der Waals surface area contributed by atoms with Crippen molar-refractivity contribution in [3.8, 4) is 11.3 Å². The molecule has 2 aromatic carbocycles. The van der Waals surface area contributed by atoms with Gasteiger partial charge in [0.15, 0.2) is 5.65 Å². The molecule has 0 aliphatic carbocycles. The maximum absolute atomic E-state index is 13.2. The number of hydrogen-bond acceptors (Lipinski definition) is 4. The molecule has 1 amide bonds. The molecule has 0 bridgehead atoms. The molecule has 0 saturated heterocycles. The van der Waals surface area contributed by atoms with E-state index in [2.05, 4.69) is 20.3 Å². The third-order valence-corrected chi connectivity index (χ3v) is 5.01. The smallest absolute Gasteiger partial charge is 0.271 e. The van der Waals surface area contributed by atoms with Gasteiger partial charge >= 0.3 is 0 Å². The number of imidazole rings is 2. The molecule has 148 valence electrons. The van der Waals surface area contributed by atoms with Crippen LogP contribution < -0.4 is 5.32 Å². The molecule has 5 rings (SSSR count). The van der Waals surface area contributed by atoms with Crippen molar-refractivity contribution in [1.29, 1.82) is 0 Å². The molecule has 8 heteroatoms. The quantitative estimate of drug-likeness (QED) is 0.502. The Labute approximate surface area is 170 Å². The number of fused-ring (bicyclic) bond motifs is 2. The van der Waals surface area contributed by atoms with Crippen molar-refractivity contribution in [1.82, 2.24) is 29.2 Å². The van der Waals surface area contributed by atoms with Crippen LogP contribution in [0.4, 0.5) is 4.39 Å². The minimum absolute atomic E-state index is 0.269. The molecular weight excluding hydrogens is 383 g/mol. The lowest BCUT2D eigenvalue weighted by Crippen LogP contribution is -2.24. The van der Waals surface area contributed by atoms with Crippen LogP contribution >= 0.6 is 0 Å². The van der Waals surface area contributed by atoms with Crippen molar-refractivity contribution in [3.05, 3.63) is 84.5 Å². The summed E-state index contributed by atoms with van der Waals surface area (Å²) >= 11 is 0. The van der Waals surface area contributed by atoms with Crippen LogP contribution in [0.25, 0.3) is 27.9 Å². The number of benzene rings is 2. The van der Waals surface area contributed by atoms with Crippen LogP contribution in [-0.2, 0) is 13.6 Å². The van der Waals surface area contributed by atoms with Gasteiger partial charge in [-0.25, -0.2) is 14.4 Å². The van der Waals surface area contributed by atoms with Gasteiger partial charge in [-0.3, -0.25) is 9.78 Å². The molecule has 3 aromatic heterocycles. The highest BCUT2D eigenvalue weighted by molar-refractivity contribution is 5.93. The molecule has 30 heavy (non-hydrogen) atoms. The molecule has 0 aliphatic rings. The van der Waals surface area contributed by atoms with Gasteiger partial charge in [0.2, 0.25) is 0 Å². The molecule has 7 nitrogen and oxygen atoms in total. The van der Waals surface area contributed by atoms with E-state index < -0.39 is 0 Å². The highest BCUT2D eigenvalue weighted by Crippen LogP contribution is 2.22. The lowest BCUT2D eigenvalue weighted by atomic mass is 10.1. The third-order valence-electron chi connectivity index (χ3n) is 5.01. The van der Waals surface area contributed by atoms with E-state index in [0.717, 1.165) is 22.4 Å². The molecule has 0 saturated carbocycles. The largest absolute Gasteiger partial charge is 0.343 e. The Morgan fingerprint density at radius 1 is 1.10 bits per heavy atom. The van der Waals surface area contributed by atoms with Crippen LogP contribution in [0, 0.1) is 5.82 Å². The second-order valence-corrected chi connectivity index (χ2v) is 6.90. The van der Waals surface area contributed by atoms with Gasteiger partial charge in [0.25, 0.3) is 5.91 Å². The van der Waals surface area contributed by atoms with Gasteiger partial charge < -0.3 is 14.3 Å².